The van der Waals surface area contributed by atoms with Gasteiger partial charge in [-0.25, -0.2) is 9.78 Å². The van der Waals surface area contributed by atoms with E-state index >= 15 is 0 Å². The quantitative estimate of drug-likeness (QED) is 0.404. The third-order valence-corrected chi connectivity index (χ3v) is 4.24. The summed E-state index contributed by atoms with van der Waals surface area (Å²) in [5.74, 6) is 1.40. The van der Waals surface area contributed by atoms with Crippen molar-refractivity contribution in [2.24, 2.45) is 17.3 Å². The van der Waals surface area contributed by atoms with E-state index in [0.29, 0.717) is 11.3 Å². The third-order valence-electron chi connectivity index (χ3n) is 4.24. The molecule has 0 N–H and O–H groups in total. The fourth-order valence-corrected chi connectivity index (χ4v) is 2.98. The summed E-state index contributed by atoms with van der Waals surface area (Å²) < 4.78 is 0. The minimum atomic E-state index is -0.239. The molecule has 0 spiro atoms. The molecule has 2 nitrogen and oxygen atoms in total. The smallest absolute Gasteiger partial charge is 0.114 e. The zero-order valence-corrected chi connectivity index (χ0v) is 11.2. The summed E-state index contributed by atoms with van der Waals surface area (Å²) in [6.45, 7) is 14.9. The zero-order valence-electron chi connectivity index (χ0n) is 11.2. The van der Waals surface area contributed by atoms with E-state index in [1.165, 1.54) is 12.0 Å². The first-order chi connectivity index (χ1) is 7.22. The monoisotopic (exact) mass is 224 g/mol. The Morgan fingerprint density at radius 3 is 2.31 bits per heavy atom. The molecule has 0 aromatic heterocycles. The summed E-state index contributed by atoms with van der Waals surface area (Å²) in [6.07, 6.45) is 2.47. The lowest BCUT2D eigenvalue weighted by atomic mass is 9.47. The Bertz CT molecular complexity index is 298. The van der Waals surface area contributed by atoms with E-state index < -0.39 is 0 Å². The molecule has 2 heteroatoms. The largest absolute Gasteiger partial charge is 0.230 e. The van der Waals surface area contributed by atoms with E-state index in [4.69, 9.17) is 9.78 Å². The Balaban J connectivity index is 1.94. The second-order valence-electron chi connectivity index (χ2n) is 6.90. The van der Waals surface area contributed by atoms with E-state index in [0.717, 1.165) is 12.3 Å². The first kappa shape index (κ1) is 12.1. The number of hydrogen-bond acceptors (Lipinski definition) is 2. The Morgan fingerprint density at radius 2 is 1.88 bits per heavy atom. The van der Waals surface area contributed by atoms with Crippen molar-refractivity contribution in [1.82, 2.24) is 0 Å². The van der Waals surface area contributed by atoms with Crippen molar-refractivity contribution in [2.45, 2.75) is 59.2 Å². The molecule has 0 amide bonds. The first-order valence-corrected chi connectivity index (χ1v) is 6.25. The Morgan fingerprint density at radius 1 is 1.25 bits per heavy atom. The van der Waals surface area contributed by atoms with Gasteiger partial charge in [-0.1, -0.05) is 20.4 Å². The van der Waals surface area contributed by atoms with Gasteiger partial charge in [0.2, 0.25) is 0 Å². The van der Waals surface area contributed by atoms with Gasteiger partial charge in [-0.05, 0) is 56.4 Å². The van der Waals surface area contributed by atoms with Crippen LogP contribution in [-0.4, -0.2) is 11.7 Å². The van der Waals surface area contributed by atoms with Gasteiger partial charge in [0.25, 0.3) is 0 Å². The molecule has 3 fully saturated rings. The van der Waals surface area contributed by atoms with Crippen LogP contribution in [0, 0.1) is 17.3 Å². The van der Waals surface area contributed by atoms with E-state index in [1.54, 1.807) is 0 Å². The number of rotatable bonds is 2. The number of fused-ring (bicyclic) bond motifs is 2. The molecule has 0 aromatic carbocycles. The second kappa shape index (κ2) is 3.58. The van der Waals surface area contributed by atoms with Gasteiger partial charge in [-0.15, -0.1) is 0 Å². The normalized spacial score (nSPS) is 37.1. The van der Waals surface area contributed by atoms with Crippen LogP contribution in [0.25, 0.3) is 0 Å². The van der Waals surface area contributed by atoms with Crippen molar-refractivity contribution in [3.05, 3.63) is 12.2 Å². The van der Waals surface area contributed by atoms with Gasteiger partial charge in [0.05, 0.1) is 5.60 Å². The summed E-state index contributed by atoms with van der Waals surface area (Å²) in [4.78, 5) is 11.0. The lowest BCUT2D eigenvalue weighted by molar-refractivity contribution is -0.376. The van der Waals surface area contributed by atoms with Crippen LogP contribution < -0.4 is 0 Å². The summed E-state index contributed by atoms with van der Waals surface area (Å²) in [5, 5.41) is 0. The fourth-order valence-electron chi connectivity index (χ4n) is 2.98. The standard InChI is InChI=1S/C14H24O2/c1-9-11-7-10(14(11,5)6)8-12(9)15-16-13(2,3)4/h10-12H,1,7-8H2,2-6H3. The van der Waals surface area contributed by atoms with Crippen molar-refractivity contribution < 1.29 is 9.78 Å². The SMILES string of the molecule is C=C1C(OOC(C)(C)C)CC2CC1C2(C)C. The average Bonchev–Trinajstić information content (AvgIpc) is 2.13. The van der Waals surface area contributed by atoms with Gasteiger partial charge in [0, 0.05) is 0 Å². The summed E-state index contributed by atoms with van der Waals surface area (Å²) in [6, 6.07) is 0. The van der Waals surface area contributed by atoms with Crippen LogP contribution in [-0.2, 0) is 9.78 Å². The van der Waals surface area contributed by atoms with E-state index in [-0.39, 0.29) is 11.7 Å². The molecule has 0 saturated heterocycles. The fraction of sp³-hybridized carbons (Fsp3) is 0.857. The molecule has 2 bridgehead atoms. The topological polar surface area (TPSA) is 18.5 Å². The molecule has 3 saturated carbocycles. The lowest BCUT2D eigenvalue weighted by Crippen LogP contribution is -2.54. The molecular formula is C14H24O2. The molecule has 92 valence electrons. The maximum atomic E-state index is 5.55. The highest BCUT2D eigenvalue weighted by molar-refractivity contribution is 5.23. The van der Waals surface area contributed by atoms with Crippen LogP contribution in [0.1, 0.15) is 47.5 Å². The van der Waals surface area contributed by atoms with Gasteiger partial charge in [-0.2, -0.15) is 0 Å². The molecule has 3 rings (SSSR count). The van der Waals surface area contributed by atoms with E-state index in [1.807, 2.05) is 20.8 Å². The Kier molecular flexibility index (Phi) is 2.71. The van der Waals surface area contributed by atoms with Gasteiger partial charge in [-0.3, -0.25) is 0 Å². The van der Waals surface area contributed by atoms with Crippen LogP contribution in [0.4, 0.5) is 0 Å². The average molecular weight is 224 g/mol. The summed E-state index contributed by atoms with van der Waals surface area (Å²) in [5.41, 5.74) is 1.42. The molecule has 3 atom stereocenters. The van der Waals surface area contributed by atoms with Crippen LogP contribution in [0.5, 0.6) is 0 Å². The second-order valence-corrected chi connectivity index (χ2v) is 6.90. The molecule has 3 unspecified atom stereocenters. The van der Waals surface area contributed by atoms with E-state index in [9.17, 15) is 0 Å². The van der Waals surface area contributed by atoms with Crippen molar-refractivity contribution in [3.8, 4) is 0 Å². The maximum Gasteiger partial charge on any atom is 0.114 e. The molecule has 0 radical (unpaired) electrons. The lowest BCUT2D eigenvalue weighted by Gasteiger charge is -2.59. The van der Waals surface area contributed by atoms with Gasteiger partial charge in [0.15, 0.2) is 0 Å². The van der Waals surface area contributed by atoms with Crippen LogP contribution in [0.2, 0.25) is 0 Å². The van der Waals surface area contributed by atoms with Gasteiger partial charge < -0.3 is 0 Å². The summed E-state index contributed by atoms with van der Waals surface area (Å²) in [7, 11) is 0. The van der Waals surface area contributed by atoms with Crippen LogP contribution in [0.15, 0.2) is 12.2 Å². The summed E-state index contributed by atoms with van der Waals surface area (Å²) >= 11 is 0. The minimum Gasteiger partial charge on any atom is -0.230 e. The number of hydrogen-bond donors (Lipinski definition) is 0. The molecule has 3 aliphatic rings. The van der Waals surface area contributed by atoms with Gasteiger partial charge in [0.1, 0.15) is 6.10 Å². The Labute approximate surface area is 98.9 Å². The molecule has 0 aromatic rings. The van der Waals surface area contributed by atoms with Crippen molar-refractivity contribution in [2.75, 3.05) is 0 Å². The predicted octanol–water partition coefficient (Wildman–Crippen LogP) is 3.72. The highest BCUT2D eigenvalue weighted by Crippen LogP contribution is 2.61. The highest BCUT2D eigenvalue weighted by Gasteiger charge is 2.55. The zero-order chi connectivity index (χ0) is 12.1. The highest BCUT2D eigenvalue weighted by atomic mass is 17.2. The predicted molar refractivity (Wildman–Crippen MR) is 64.8 cm³/mol. The Hall–Kier alpha value is -0.340. The molecule has 0 aliphatic heterocycles. The molecule has 16 heavy (non-hydrogen) atoms. The first-order valence-electron chi connectivity index (χ1n) is 6.25. The molecule has 3 aliphatic carbocycles. The van der Waals surface area contributed by atoms with E-state index in [2.05, 4.69) is 20.4 Å². The van der Waals surface area contributed by atoms with Crippen molar-refractivity contribution in [3.63, 3.8) is 0 Å². The third kappa shape index (κ3) is 1.93. The van der Waals surface area contributed by atoms with Crippen molar-refractivity contribution >= 4 is 0 Å². The molecule has 0 heterocycles. The minimum absolute atomic E-state index is 0.107. The van der Waals surface area contributed by atoms with Crippen LogP contribution >= 0.6 is 0 Å². The van der Waals surface area contributed by atoms with Crippen molar-refractivity contribution in [1.29, 1.82) is 0 Å². The van der Waals surface area contributed by atoms with Gasteiger partial charge >= 0.3 is 0 Å². The van der Waals surface area contributed by atoms with Crippen LogP contribution in [0.3, 0.4) is 0 Å². The molecular weight excluding hydrogens is 200 g/mol. The maximum absolute atomic E-state index is 5.55.